The molecule has 0 heterocycles. The van der Waals surface area contributed by atoms with Crippen LogP contribution in [0.25, 0.3) is 0 Å². The number of hydrogen-bond acceptors (Lipinski definition) is 4. The zero-order valence-electron chi connectivity index (χ0n) is 16.2. The lowest BCUT2D eigenvalue weighted by Gasteiger charge is -2.18. The molecule has 0 spiro atoms. The Hall–Kier alpha value is -1.79. The molecule has 0 aliphatic heterocycles. The molecule has 0 saturated heterocycles. The molecule has 0 fully saturated rings. The topological polar surface area (TPSA) is 58.1 Å². The van der Waals surface area contributed by atoms with E-state index in [1.165, 1.54) is 5.56 Å². The smallest absolute Gasteiger partial charge is 0.191 e. The summed E-state index contributed by atoms with van der Waals surface area (Å²) < 4.78 is 10.7. The van der Waals surface area contributed by atoms with Crippen molar-refractivity contribution in [3.05, 3.63) is 29.8 Å². The molecule has 0 unspecified atom stereocenters. The van der Waals surface area contributed by atoms with E-state index >= 15 is 0 Å². The highest BCUT2D eigenvalue weighted by Gasteiger charge is 2.04. The fourth-order valence-corrected chi connectivity index (χ4v) is 2.50. The van der Waals surface area contributed by atoms with Crippen molar-refractivity contribution in [2.45, 2.75) is 19.8 Å². The molecule has 0 aliphatic rings. The first-order chi connectivity index (χ1) is 12.2. The van der Waals surface area contributed by atoms with Crippen molar-refractivity contribution in [2.75, 3.05) is 60.6 Å². The molecule has 6 heteroatoms. The predicted octanol–water partition coefficient (Wildman–Crippen LogP) is 1.76. The summed E-state index contributed by atoms with van der Waals surface area (Å²) in [5, 5.41) is 6.71. The van der Waals surface area contributed by atoms with Gasteiger partial charge in [0, 0.05) is 46.9 Å². The molecule has 1 rings (SSSR count). The molecular weight excluding hydrogens is 316 g/mol. The average molecular weight is 351 g/mol. The summed E-state index contributed by atoms with van der Waals surface area (Å²) in [6.45, 7) is 7.18. The fourth-order valence-electron chi connectivity index (χ4n) is 2.50. The first kappa shape index (κ1) is 21.3. The van der Waals surface area contributed by atoms with Crippen molar-refractivity contribution in [1.82, 2.24) is 15.5 Å². The molecule has 1 aromatic carbocycles. The molecule has 0 saturated carbocycles. The summed E-state index contributed by atoms with van der Waals surface area (Å²) in [5.74, 6) is 1.80. The van der Waals surface area contributed by atoms with Gasteiger partial charge in [0.05, 0.1) is 6.61 Å². The van der Waals surface area contributed by atoms with Crippen LogP contribution in [0.5, 0.6) is 5.75 Å². The van der Waals surface area contributed by atoms with Gasteiger partial charge in [0.15, 0.2) is 5.96 Å². The third-order valence-electron chi connectivity index (χ3n) is 3.86. The molecular formula is C19H34N4O2. The van der Waals surface area contributed by atoms with Crippen molar-refractivity contribution in [3.63, 3.8) is 0 Å². The molecule has 6 nitrogen and oxygen atoms in total. The maximum atomic E-state index is 5.66. The first-order valence-corrected chi connectivity index (χ1v) is 9.04. The minimum Gasteiger partial charge on any atom is -0.494 e. The Bertz CT molecular complexity index is 494. The van der Waals surface area contributed by atoms with Gasteiger partial charge in [-0.25, -0.2) is 0 Å². The Kier molecular flexibility index (Phi) is 11.5. The van der Waals surface area contributed by atoms with E-state index in [2.05, 4.69) is 33.6 Å². The van der Waals surface area contributed by atoms with Gasteiger partial charge in [-0.15, -0.1) is 0 Å². The third-order valence-corrected chi connectivity index (χ3v) is 3.86. The molecule has 0 atom stereocenters. The molecule has 0 aromatic heterocycles. The molecule has 142 valence electrons. The lowest BCUT2D eigenvalue weighted by atomic mass is 10.1. The summed E-state index contributed by atoms with van der Waals surface area (Å²) in [4.78, 5) is 6.56. The van der Waals surface area contributed by atoms with E-state index < -0.39 is 0 Å². The van der Waals surface area contributed by atoms with E-state index in [1.54, 1.807) is 14.2 Å². The lowest BCUT2D eigenvalue weighted by molar-refractivity contribution is 0.180. The number of para-hydroxylation sites is 1. The Morgan fingerprint density at radius 3 is 2.64 bits per heavy atom. The van der Waals surface area contributed by atoms with Gasteiger partial charge in [-0.2, -0.15) is 0 Å². The number of ether oxygens (including phenoxy) is 2. The van der Waals surface area contributed by atoms with Crippen LogP contribution in [0, 0.1) is 0 Å². The largest absolute Gasteiger partial charge is 0.494 e. The quantitative estimate of drug-likeness (QED) is 0.342. The molecule has 0 radical (unpaired) electrons. The monoisotopic (exact) mass is 350 g/mol. The van der Waals surface area contributed by atoms with Gasteiger partial charge >= 0.3 is 0 Å². The van der Waals surface area contributed by atoms with E-state index in [0.717, 1.165) is 57.3 Å². The number of rotatable bonds is 12. The third kappa shape index (κ3) is 9.31. The van der Waals surface area contributed by atoms with Gasteiger partial charge in [0.25, 0.3) is 0 Å². The summed E-state index contributed by atoms with van der Waals surface area (Å²) in [5.41, 5.74) is 1.21. The molecule has 0 amide bonds. The van der Waals surface area contributed by atoms with Gasteiger partial charge in [0.2, 0.25) is 0 Å². The van der Waals surface area contributed by atoms with Crippen LogP contribution in [0.4, 0.5) is 0 Å². The molecule has 25 heavy (non-hydrogen) atoms. The predicted molar refractivity (Wildman–Crippen MR) is 105 cm³/mol. The Balaban J connectivity index is 2.26. The minimum atomic E-state index is 0.686. The van der Waals surface area contributed by atoms with Crippen LogP contribution in [-0.4, -0.2) is 71.5 Å². The van der Waals surface area contributed by atoms with Gasteiger partial charge < -0.3 is 25.0 Å². The van der Waals surface area contributed by atoms with E-state index in [-0.39, 0.29) is 0 Å². The van der Waals surface area contributed by atoms with Crippen LogP contribution in [0.2, 0.25) is 0 Å². The summed E-state index contributed by atoms with van der Waals surface area (Å²) >= 11 is 0. The first-order valence-electron chi connectivity index (χ1n) is 9.04. The molecule has 0 aliphatic carbocycles. The number of hydrogen-bond donors (Lipinski definition) is 2. The van der Waals surface area contributed by atoms with Crippen molar-refractivity contribution < 1.29 is 9.47 Å². The maximum absolute atomic E-state index is 5.66. The van der Waals surface area contributed by atoms with Crippen molar-refractivity contribution in [2.24, 2.45) is 4.99 Å². The second-order valence-electron chi connectivity index (χ2n) is 5.87. The number of nitrogens with one attached hydrogen (secondary N) is 2. The van der Waals surface area contributed by atoms with Crippen LogP contribution in [0.3, 0.4) is 0 Å². The maximum Gasteiger partial charge on any atom is 0.191 e. The number of nitrogens with zero attached hydrogens (tertiary/aromatic N) is 2. The van der Waals surface area contributed by atoms with Gasteiger partial charge in [0.1, 0.15) is 5.75 Å². The zero-order chi connectivity index (χ0) is 18.3. The summed E-state index contributed by atoms with van der Waals surface area (Å²) in [6.07, 6.45) is 1.95. The van der Waals surface area contributed by atoms with Crippen LogP contribution >= 0.6 is 0 Å². The highest BCUT2D eigenvalue weighted by atomic mass is 16.5. The van der Waals surface area contributed by atoms with Crippen molar-refractivity contribution in [3.8, 4) is 5.75 Å². The zero-order valence-corrected chi connectivity index (χ0v) is 16.2. The van der Waals surface area contributed by atoms with E-state index in [9.17, 15) is 0 Å². The Labute approximate surface area is 152 Å². The van der Waals surface area contributed by atoms with Crippen LogP contribution in [0.1, 0.15) is 18.9 Å². The van der Waals surface area contributed by atoms with Gasteiger partial charge in [-0.1, -0.05) is 18.2 Å². The van der Waals surface area contributed by atoms with Crippen LogP contribution in [-0.2, 0) is 11.2 Å². The highest BCUT2D eigenvalue weighted by molar-refractivity contribution is 5.79. The number of aliphatic imine (C=N–C) groups is 1. The van der Waals surface area contributed by atoms with Crippen LogP contribution < -0.4 is 15.4 Å². The molecule has 1 aromatic rings. The van der Waals surface area contributed by atoms with Crippen molar-refractivity contribution in [1.29, 1.82) is 0 Å². The van der Waals surface area contributed by atoms with Gasteiger partial charge in [-0.3, -0.25) is 4.99 Å². The fraction of sp³-hybridized carbons (Fsp3) is 0.632. The minimum absolute atomic E-state index is 0.686. The standard InChI is InChI=1S/C19H34N4O2/c1-5-25-18-10-7-6-9-17(18)11-12-21-19(20-2)22-13-15-23(3)14-8-16-24-4/h6-7,9-10H,5,8,11-16H2,1-4H3,(H2,20,21,22). The van der Waals surface area contributed by atoms with E-state index in [4.69, 9.17) is 9.47 Å². The summed E-state index contributed by atoms with van der Waals surface area (Å²) in [6, 6.07) is 8.18. The molecule has 0 bridgehead atoms. The number of methoxy groups -OCH3 is 1. The van der Waals surface area contributed by atoms with Crippen molar-refractivity contribution >= 4 is 5.96 Å². The van der Waals surface area contributed by atoms with E-state index in [1.807, 2.05) is 25.1 Å². The summed E-state index contributed by atoms with van der Waals surface area (Å²) in [7, 11) is 5.66. The van der Waals surface area contributed by atoms with E-state index in [0.29, 0.717) is 6.61 Å². The van der Waals surface area contributed by atoms with Gasteiger partial charge in [-0.05, 0) is 38.4 Å². The second kappa shape index (κ2) is 13.5. The lowest BCUT2D eigenvalue weighted by Crippen LogP contribution is -2.41. The Morgan fingerprint density at radius 2 is 1.92 bits per heavy atom. The SMILES string of the molecule is CCOc1ccccc1CCNC(=NC)NCCN(C)CCCOC. The normalized spacial score (nSPS) is 11.6. The highest BCUT2D eigenvalue weighted by Crippen LogP contribution is 2.17. The number of benzene rings is 1. The Morgan fingerprint density at radius 1 is 1.16 bits per heavy atom. The van der Waals surface area contributed by atoms with Crippen LogP contribution in [0.15, 0.2) is 29.3 Å². The number of likely N-dealkylation sites (N-methyl/N-ethyl adjacent to an activating group) is 1. The average Bonchev–Trinajstić information content (AvgIpc) is 2.62. The number of guanidine groups is 1. The molecule has 2 N–H and O–H groups in total. The second-order valence-corrected chi connectivity index (χ2v) is 5.87.